The summed E-state index contributed by atoms with van der Waals surface area (Å²) in [5.74, 6) is 1.18. The van der Waals surface area contributed by atoms with Gasteiger partial charge >= 0.3 is 0 Å². The first-order valence-electron chi connectivity index (χ1n) is 5.81. The lowest BCUT2D eigenvalue weighted by atomic mass is 9.80. The number of hydrogen-bond donors (Lipinski definition) is 1. The summed E-state index contributed by atoms with van der Waals surface area (Å²) in [5.41, 5.74) is 6.00. The molecule has 0 saturated carbocycles. The van der Waals surface area contributed by atoms with E-state index in [4.69, 9.17) is 4.74 Å². The molecular formula is C13H14N2O2. The van der Waals surface area contributed by atoms with E-state index < -0.39 is 0 Å². The van der Waals surface area contributed by atoms with Gasteiger partial charge < -0.3 is 4.74 Å². The molecule has 17 heavy (non-hydrogen) atoms. The first-order chi connectivity index (χ1) is 8.28. The van der Waals surface area contributed by atoms with Gasteiger partial charge in [-0.3, -0.25) is 4.79 Å². The van der Waals surface area contributed by atoms with Crippen molar-refractivity contribution in [2.45, 2.75) is 19.3 Å². The molecule has 0 radical (unpaired) electrons. The molecular weight excluding hydrogens is 216 g/mol. The Morgan fingerprint density at radius 2 is 2.35 bits per heavy atom. The summed E-state index contributed by atoms with van der Waals surface area (Å²) in [7, 11) is 1.67. The number of benzene rings is 1. The fraction of sp³-hybridized carbons (Fsp3) is 0.385. The van der Waals surface area contributed by atoms with E-state index in [9.17, 15) is 4.79 Å². The summed E-state index contributed by atoms with van der Waals surface area (Å²) in [6.07, 6.45) is 2.54. The van der Waals surface area contributed by atoms with E-state index in [0.29, 0.717) is 6.42 Å². The van der Waals surface area contributed by atoms with Crippen LogP contribution in [0.25, 0.3) is 0 Å². The van der Waals surface area contributed by atoms with E-state index in [1.165, 1.54) is 5.56 Å². The molecule has 0 aromatic heterocycles. The minimum Gasteiger partial charge on any atom is -0.497 e. The van der Waals surface area contributed by atoms with E-state index in [0.717, 1.165) is 29.9 Å². The Labute approximate surface area is 99.7 Å². The highest BCUT2D eigenvalue weighted by Gasteiger charge is 2.30. The van der Waals surface area contributed by atoms with Crippen molar-refractivity contribution < 1.29 is 9.53 Å². The van der Waals surface area contributed by atoms with Crippen LogP contribution in [-0.4, -0.2) is 18.7 Å². The van der Waals surface area contributed by atoms with Crippen LogP contribution in [0.5, 0.6) is 5.75 Å². The molecule has 2 aliphatic rings. The van der Waals surface area contributed by atoms with Gasteiger partial charge in [-0.25, -0.2) is 5.43 Å². The molecule has 1 aliphatic heterocycles. The van der Waals surface area contributed by atoms with E-state index in [1.807, 2.05) is 12.1 Å². The third kappa shape index (κ3) is 1.69. The van der Waals surface area contributed by atoms with Gasteiger partial charge in [0.2, 0.25) is 5.91 Å². The number of hydrazone groups is 1. The second-order valence-electron chi connectivity index (χ2n) is 4.49. The van der Waals surface area contributed by atoms with E-state index in [2.05, 4.69) is 16.6 Å². The van der Waals surface area contributed by atoms with Crippen molar-refractivity contribution in [1.82, 2.24) is 5.43 Å². The smallest absolute Gasteiger partial charge is 0.240 e. The maximum absolute atomic E-state index is 11.3. The molecule has 4 nitrogen and oxygen atoms in total. The van der Waals surface area contributed by atoms with Gasteiger partial charge in [-0.2, -0.15) is 5.10 Å². The molecule has 1 aromatic rings. The zero-order chi connectivity index (χ0) is 11.8. The Hall–Kier alpha value is -1.84. The molecule has 1 amide bonds. The molecule has 0 unspecified atom stereocenters. The van der Waals surface area contributed by atoms with Gasteiger partial charge in [0.05, 0.1) is 12.8 Å². The second kappa shape index (κ2) is 3.87. The SMILES string of the molecule is COc1ccc2c(c1)CC[C@H]1CC(=O)NN=C21. The predicted octanol–water partition coefficient (Wildman–Crippen LogP) is 1.48. The number of carbonyl (C=O) groups excluding carboxylic acids is 1. The van der Waals surface area contributed by atoms with Gasteiger partial charge in [-0.05, 0) is 36.6 Å². The molecule has 1 heterocycles. The average Bonchev–Trinajstić information content (AvgIpc) is 2.37. The van der Waals surface area contributed by atoms with Crippen LogP contribution in [0.3, 0.4) is 0 Å². The maximum atomic E-state index is 11.3. The fourth-order valence-corrected chi connectivity index (χ4v) is 2.58. The van der Waals surface area contributed by atoms with Crippen LogP contribution < -0.4 is 10.2 Å². The van der Waals surface area contributed by atoms with Crippen molar-refractivity contribution in [2.75, 3.05) is 7.11 Å². The predicted molar refractivity (Wildman–Crippen MR) is 64.1 cm³/mol. The Kier molecular flexibility index (Phi) is 2.35. The van der Waals surface area contributed by atoms with Crippen LogP contribution >= 0.6 is 0 Å². The van der Waals surface area contributed by atoms with Gasteiger partial charge in [0, 0.05) is 17.9 Å². The van der Waals surface area contributed by atoms with Gasteiger partial charge in [-0.15, -0.1) is 0 Å². The van der Waals surface area contributed by atoms with Crippen molar-refractivity contribution in [3.63, 3.8) is 0 Å². The van der Waals surface area contributed by atoms with Crippen LogP contribution in [0.4, 0.5) is 0 Å². The zero-order valence-electron chi connectivity index (χ0n) is 9.69. The highest BCUT2D eigenvalue weighted by molar-refractivity contribution is 6.07. The Morgan fingerprint density at radius 3 is 3.18 bits per heavy atom. The summed E-state index contributed by atoms with van der Waals surface area (Å²) in [6, 6.07) is 6.04. The summed E-state index contributed by atoms with van der Waals surface area (Å²) in [4.78, 5) is 11.3. The maximum Gasteiger partial charge on any atom is 0.240 e. The number of ether oxygens (including phenoxy) is 1. The minimum absolute atomic E-state index is 0.0238. The van der Waals surface area contributed by atoms with Gasteiger partial charge in [-0.1, -0.05) is 0 Å². The molecule has 1 aromatic carbocycles. The first kappa shape index (κ1) is 10.3. The van der Waals surface area contributed by atoms with E-state index in [-0.39, 0.29) is 11.8 Å². The van der Waals surface area contributed by atoms with Crippen LogP contribution in [0.15, 0.2) is 23.3 Å². The monoisotopic (exact) mass is 230 g/mol. The Balaban J connectivity index is 2.04. The number of nitrogens with zero attached hydrogens (tertiary/aromatic N) is 1. The second-order valence-corrected chi connectivity index (χ2v) is 4.49. The third-order valence-corrected chi connectivity index (χ3v) is 3.47. The number of rotatable bonds is 1. The molecule has 1 atom stereocenters. The van der Waals surface area contributed by atoms with Gasteiger partial charge in [0.1, 0.15) is 5.75 Å². The first-order valence-corrected chi connectivity index (χ1v) is 5.81. The van der Waals surface area contributed by atoms with Crippen LogP contribution in [0.1, 0.15) is 24.0 Å². The quantitative estimate of drug-likeness (QED) is 0.794. The molecule has 1 aliphatic carbocycles. The number of fused-ring (bicyclic) bond motifs is 3. The zero-order valence-corrected chi connectivity index (χ0v) is 9.69. The number of methoxy groups -OCH3 is 1. The highest BCUT2D eigenvalue weighted by atomic mass is 16.5. The standard InChI is InChI=1S/C13H14N2O2/c1-17-10-4-5-11-8(6-10)2-3-9-7-12(16)14-15-13(9)11/h4-6,9H,2-3,7H2,1H3,(H,14,16)/t9-/m0/s1. The number of amides is 1. The molecule has 4 heteroatoms. The van der Waals surface area contributed by atoms with Crippen molar-refractivity contribution in [2.24, 2.45) is 11.0 Å². The third-order valence-electron chi connectivity index (χ3n) is 3.47. The molecule has 0 bridgehead atoms. The molecule has 88 valence electrons. The van der Waals surface area contributed by atoms with E-state index >= 15 is 0 Å². The lowest BCUT2D eigenvalue weighted by Crippen LogP contribution is -2.36. The molecule has 1 N–H and O–H groups in total. The van der Waals surface area contributed by atoms with Crippen LogP contribution in [0.2, 0.25) is 0 Å². The summed E-state index contributed by atoms with van der Waals surface area (Å²) < 4.78 is 5.22. The van der Waals surface area contributed by atoms with Crippen LogP contribution in [0, 0.1) is 5.92 Å². The normalized spacial score (nSPS) is 22.1. The highest BCUT2D eigenvalue weighted by Crippen LogP contribution is 2.31. The lowest BCUT2D eigenvalue weighted by molar-refractivity contribution is -0.122. The Morgan fingerprint density at radius 1 is 1.47 bits per heavy atom. The number of aryl methyl sites for hydroxylation is 1. The van der Waals surface area contributed by atoms with Gasteiger partial charge in [0.25, 0.3) is 0 Å². The lowest BCUT2D eigenvalue weighted by Gasteiger charge is -2.29. The Bertz CT molecular complexity index is 508. The average molecular weight is 230 g/mol. The summed E-state index contributed by atoms with van der Waals surface area (Å²) in [6.45, 7) is 0. The minimum atomic E-state index is 0.0238. The number of carbonyl (C=O) groups is 1. The summed E-state index contributed by atoms with van der Waals surface area (Å²) >= 11 is 0. The number of nitrogens with one attached hydrogen (secondary N) is 1. The molecule has 0 fully saturated rings. The summed E-state index contributed by atoms with van der Waals surface area (Å²) in [5, 5.41) is 4.21. The van der Waals surface area contributed by atoms with Crippen molar-refractivity contribution >= 4 is 11.6 Å². The van der Waals surface area contributed by atoms with E-state index in [1.54, 1.807) is 7.11 Å². The topological polar surface area (TPSA) is 50.7 Å². The van der Waals surface area contributed by atoms with Crippen molar-refractivity contribution in [3.05, 3.63) is 29.3 Å². The van der Waals surface area contributed by atoms with Crippen molar-refractivity contribution in [3.8, 4) is 5.75 Å². The van der Waals surface area contributed by atoms with Gasteiger partial charge in [0.15, 0.2) is 0 Å². The van der Waals surface area contributed by atoms with Crippen molar-refractivity contribution in [1.29, 1.82) is 0 Å². The van der Waals surface area contributed by atoms with Crippen LogP contribution in [-0.2, 0) is 11.2 Å². The molecule has 0 saturated heterocycles. The largest absolute Gasteiger partial charge is 0.497 e. The fourth-order valence-electron chi connectivity index (χ4n) is 2.58. The molecule has 0 spiro atoms. The number of hydrogen-bond acceptors (Lipinski definition) is 3. The molecule has 3 rings (SSSR count).